The van der Waals surface area contributed by atoms with Gasteiger partial charge in [0.25, 0.3) is 0 Å². The fourth-order valence-electron chi connectivity index (χ4n) is 2.96. The zero-order chi connectivity index (χ0) is 19.8. The fourth-order valence-corrected chi connectivity index (χ4v) is 2.96. The van der Waals surface area contributed by atoms with Gasteiger partial charge < -0.3 is 10.1 Å². The van der Waals surface area contributed by atoms with Crippen LogP contribution in [-0.2, 0) is 11.2 Å². The molecule has 0 aliphatic rings. The number of anilines is 1. The molecule has 0 fully saturated rings. The van der Waals surface area contributed by atoms with E-state index in [1.165, 1.54) is 0 Å². The Hall–Kier alpha value is -3.21. The van der Waals surface area contributed by atoms with Gasteiger partial charge >= 0.3 is 0 Å². The largest absolute Gasteiger partial charge is 0.491 e. The van der Waals surface area contributed by atoms with Crippen molar-refractivity contribution in [1.29, 1.82) is 0 Å². The van der Waals surface area contributed by atoms with Crippen LogP contribution in [-0.4, -0.2) is 17.5 Å². The molecule has 0 bridgehead atoms. The second-order valence-corrected chi connectivity index (χ2v) is 6.39. The highest BCUT2D eigenvalue weighted by Gasteiger charge is 2.11. The summed E-state index contributed by atoms with van der Waals surface area (Å²) in [7, 11) is 0. The Labute approximate surface area is 164 Å². The number of nitrogens with zero attached hydrogens (tertiary/aromatic N) is 1. The van der Waals surface area contributed by atoms with Gasteiger partial charge in [0.1, 0.15) is 0 Å². The lowest BCUT2D eigenvalue weighted by molar-refractivity contribution is -0.116. The third kappa shape index (κ3) is 5.16. The SMILES string of the molecule is CCOc1cccc(-c2ccc(CCCC(=O)Nc3cccnc3)cc2)c1F. The van der Waals surface area contributed by atoms with Gasteiger partial charge in [-0.05, 0) is 49.1 Å². The molecule has 0 aliphatic heterocycles. The molecule has 5 heteroatoms. The first kappa shape index (κ1) is 19.5. The lowest BCUT2D eigenvalue weighted by Gasteiger charge is -2.10. The smallest absolute Gasteiger partial charge is 0.224 e. The van der Waals surface area contributed by atoms with Crippen molar-refractivity contribution in [3.63, 3.8) is 0 Å². The Morgan fingerprint density at radius 2 is 1.93 bits per heavy atom. The van der Waals surface area contributed by atoms with Crippen LogP contribution in [0.3, 0.4) is 0 Å². The first-order chi connectivity index (χ1) is 13.7. The molecule has 0 saturated heterocycles. The molecule has 0 aliphatic carbocycles. The van der Waals surface area contributed by atoms with Crippen molar-refractivity contribution in [2.75, 3.05) is 11.9 Å². The first-order valence-electron chi connectivity index (χ1n) is 9.38. The number of ether oxygens (including phenoxy) is 1. The second-order valence-electron chi connectivity index (χ2n) is 6.39. The molecule has 3 rings (SSSR count). The van der Waals surface area contributed by atoms with E-state index in [2.05, 4.69) is 10.3 Å². The van der Waals surface area contributed by atoms with Crippen molar-refractivity contribution in [3.05, 3.63) is 78.4 Å². The van der Waals surface area contributed by atoms with Crippen LogP contribution >= 0.6 is 0 Å². The predicted octanol–water partition coefficient (Wildman–Crippen LogP) is 5.25. The number of hydrogen-bond acceptors (Lipinski definition) is 3. The first-order valence-corrected chi connectivity index (χ1v) is 9.38. The normalized spacial score (nSPS) is 10.5. The number of nitrogens with one attached hydrogen (secondary N) is 1. The molecule has 1 amide bonds. The highest BCUT2D eigenvalue weighted by Crippen LogP contribution is 2.29. The van der Waals surface area contributed by atoms with E-state index in [1.54, 1.807) is 36.7 Å². The molecule has 4 nitrogen and oxygen atoms in total. The number of benzene rings is 2. The van der Waals surface area contributed by atoms with E-state index in [-0.39, 0.29) is 17.5 Å². The maximum atomic E-state index is 14.5. The lowest BCUT2D eigenvalue weighted by Crippen LogP contribution is -2.11. The van der Waals surface area contributed by atoms with E-state index in [4.69, 9.17) is 4.74 Å². The van der Waals surface area contributed by atoms with Crippen molar-refractivity contribution in [3.8, 4) is 16.9 Å². The van der Waals surface area contributed by atoms with Gasteiger partial charge in [-0.1, -0.05) is 36.4 Å². The van der Waals surface area contributed by atoms with Crippen LogP contribution in [0, 0.1) is 5.82 Å². The number of amides is 1. The summed E-state index contributed by atoms with van der Waals surface area (Å²) in [5.41, 5.74) is 3.14. The number of carbonyl (C=O) groups is 1. The Balaban J connectivity index is 1.55. The van der Waals surface area contributed by atoms with E-state index in [1.807, 2.05) is 37.3 Å². The van der Waals surface area contributed by atoms with E-state index < -0.39 is 0 Å². The van der Waals surface area contributed by atoms with E-state index in [0.29, 0.717) is 24.3 Å². The maximum absolute atomic E-state index is 14.5. The molecule has 1 aromatic heterocycles. The summed E-state index contributed by atoms with van der Waals surface area (Å²) in [6.45, 7) is 2.26. The summed E-state index contributed by atoms with van der Waals surface area (Å²) in [6, 6.07) is 16.5. The summed E-state index contributed by atoms with van der Waals surface area (Å²) >= 11 is 0. The molecule has 0 saturated carbocycles. The minimum Gasteiger partial charge on any atom is -0.491 e. The standard InChI is InChI=1S/C23H23FN2O2/c1-2-28-21-9-4-8-20(23(21)24)18-13-11-17(12-14-18)6-3-10-22(27)26-19-7-5-15-25-16-19/h4-5,7-9,11-16H,2-3,6,10H2,1H3,(H,26,27). The van der Waals surface area contributed by atoms with Crippen molar-refractivity contribution in [1.82, 2.24) is 4.98 Å². The number of rotatable bonds is 8. The zero-order valence-electron chi connectivity index (χ0n) is 15.8. The van der Waals surface area contributed by atoms with Crippen LogP contribution in [0.4, 0.5) is 10.1 Å². The second kappa shape index (κ2) is 9.65. The van der Waals surface area contributed by atoms with Crippen molar-refractivity contribution >= 4 is 11.6 Å². The molecule has 0 atom stereocenters. The molecule has 144 valence electrons. The molecule has 1 N–H and O–H groups in total. The molecule has 0 spiro atoms. The van der Waals surface area contributed by atoms with E-state index in [0.717, 1.165) is 24.0 Å². The number of aryl methyl sites for hydroxylation is 1. The minimum absolute atomic E-state index is 0.0283. The van der Waals surface area contributed by atoms with Crippen LogP contribution in [0.5, 0.6) is 5.75 Å². The van der Waals surface area contributed by atoms with Crippen LogP contribution in [0.25, 0.3) is 11.1 Å². The molecule has 0 unspecified atom stereocenters. The van der Waals surface area contributed by atoms with Gasteiger partial charge in [-0.3, -0.25) is 9.78 Å². The van der Waals surface area contributed by atoms with Crippen LogP contribution < -0.4 is 10.1 Å². The third-order valence-corrected chi connectivity index (χ3v) is 4.34. The maximum Gasteiger partial charge on any atom is 0.224 e. The van der Waals surface area contributed by atoms with Gasteiger partial charge in [0.2, 0.25) is 5.91 Å². The summed E-state index contributed by atoms with van der Waals surface area (Å²) in [5.74, 6) is -0.104. The Bertz CT molecular complexity index is 912. The lowest BCUT2D eigenvalue weighted by atomic mass is 10.0. The molecule has 28 heavy (non-hydrogen) atoms. The average Bonchev–Trinajstić information content (AvgIpc) is 2.71. The van der Waals surface area contributed by atoms with Crippen molar-refractivity contribution < 1.29 is 13.9 Å². The average molecular weight is 378 g/mol. The van der Waals surface area contributed by atoms with Crippen molar-refractivity contribution in [2.45, 2.75) is 26.2 Å². The predicted molar refractivity (Wildman–Crippen MR) is 109 cm³/mol. The monoisotopic (exact) mass is 378 g/mol. The van der Waals surface area contributed by atoms with Gasteiger partial charge in [-0.15, -0.1) is 0 Å². The van der Waals surface area contributed by atoms with E-state index >= 15 is 0 Å². The van der Waals surface area contributed by atoms with Gasteiger partial charge in [-0.2, -0.15) is 0 Å². The Kier molecular flexibility index (Phi) is 6.73. The van der Waals surface area contributed by atoms with Gasteiger partial charge in [-0.25, -0.2) is 4.39 Å². The number of carbonyl (C=O) groups excluding carboxylic acids is 1. The third-order valence-electron chi connectivity index (χ3n) is 4.34. The molecular formula is C23H23FN2O2. The zero-order valence-corrected chi connectivity index (χ0v) is 15.8. The highest BCUT2D eigenvalue weighted by atomic mass is 19.1. The number of halogens is 1. The quantitative estimate of drug-likeness (QED) is 0.583. The summed E-state index contributed by atoms with van der Waals surface area (Å²) < 4.78 is 19.9. The molecular weight excluding hydrogens is 355 g/mol. The van der Waals surface area contributed by atoms with Gasteiger partial charge in [0.15, 0.2) is 11.6 Å². The highest BCUT2D eigenvalue weighted by molar-refractivity contribution is 5.90. The summed E-state index contributed by atoms with van der Waals surface area (Å²) in [6.07, 6.45) is 5.23. The molecule has 0 radical (unpaired) electrons. The number of pyridine rings is 1. The van der Waals surface area contributed by atoms with Crippen LogP contribution in [0.2, 0.25) is 0 Å². The Morgan fingerprint density at radius 1 is 1.11 bits per heavy atom. The number of hydrogen-bond donors (Lipinski definition) is 1. The van der Waals surface area contributed by atoms with Crippen LogP contribution in [0.1, 0.15) is 25.3 Å². The molecule has 2 aromatic carbocycles. The summed E-state index contributed by atoms with van der Waals surface area (Å²) in [4.78, 5) is 15.9. The number of aromatic nitrogens is 1. The molecule has 1 heterocycles. The van der Waals surface area contributed by atoms with E-state index in [9.17, 15) is 9.18 Å². The van der Waals surface area contributed by atoms with Gasteiger partial charge in [0.05, 0.1) is 18.5 Å². The fraction of sp³-hybridized carbons (Fsp3) is 0.217. The van der Waals surface area contributed by atoms with Gasteiger partial charge in [0, 0.05) is 18.2 Å². The van der Waals surface area contributed by atoms with Crippen molar-refractivity contribution in [2.24, 2.45) is 0 Å². The van der Waals surface area contributed by atoms with Crippen LogP contribution in [0.15, 0.2) is 67.0 Å². The Morgan fingerprint density at radius 3 is 2.64 bits per heavy atom. The summed E-state index contributed by atoms with van der Waals surface area (Å²) in [5, 5.41) is 2.83. The molecule has 3 aromatic rings. The topological polar surface area (TPSA) is 51.2 Å². The minimum atomic E-state index is -0.343.